The van der Waals surface area contributed by atoms with E-state index in [-0.39, 0.29) is 18.7 Å². The van der Waals surface area contributed by atoms with E-state index < -0.39 is 30.0 Å². The zero-order chi connectivity index (χ0) is 14.8. The lowest BCUT2D eigenvalue weighted by Crippen LogP contribution is -2.52. The lowest BCUT2D eigenvalue weighted by atomic mass is 9.80. The van der Waals surface area contributed by atoms with Crippen LogP contribution in [0.5, 0.6) is 0 Å². The number of hydrogen-bond acceptors (Lipinski definition) is 2. The third kappa shape index (κ3) is 3.64. The standard InChI is InChI=1S/C13H19F3N2O2/c14-13(15,16)9-4-1-3-8(7-9)11(19)18-10-5-2-6-17-12(10)20/h8-10H,1-7H2,(H,17,20)(H,18,19). The van der Waals surface area contributed by atoms with E-state index in [0.717, 1.165) is 6.42 Å². The van der Waals surface area contributed by atoms with Crippen LogP contribution in [0.1, 0.15) is 38.5 Å². The first-order valence-corrected chi connectivity index (χ1v) is 7.02. The second-order valence-electron chi connectivity index (χ2n) is 5.60. The number of carbonyl (C=O) groups excluding carboxylic acids is 2. The predicted octanol–water partition coefficient (Wildman–Crippen LogP) is 1.75. The second-order valence-corrected chi connectivity index (χ2v) is 5.60. The minimum Gasteiger partial charge on any atom is -0.354 e. The Balaban J connectivity index is 1.90. The molecule has 0 aromatic carbocycles. The highest BCUT2D eigenvalue weighted by Crippen LogP contribution is 2.39. The van der Waals surface area contributed by atoms with Gasteiger partial charge in [-0.05, 0) is 32.1 Å². The fourth-order valence-corrected chi connectivity index (χ4v) is 2.92. The number of rotatable bonds is 2. The summed E-state index contributed by atoms with van der Waals surface area (Å²) in [5.41, 5.74) is 0. The van der Waals surface area contributed by atoms with Gasteiger partial charge in [0, 0.05) is 12.5 Å². The number of amides is 2. The number of carbonyl (C=O) groups is 2. The van der Waals surface area contributed by atoms with Crippen LogP contribution in [0, 0.1) is 11.8 Å². The first kappa shape index (κ1) is 15.1. The molecule has 2 aliphatic rings. The summed E-state index contributed by atoms with van der Waals surface area (Å²) in [6.07, 6.45) is -2.12. The van der Waals surface area contributed by atoms with Crippen molar-refractivity contribution in [2.45, 2.75) is 50.7 Å². The van der Waals surface area contributed by atoms with Gasteiger partial charge in [0.25, 0.3) is 0 Å². The van der Waals surface area contributed by atoms with Gasteiger partial charge in [0.05, 0.1) is 5.92 Å². The van der Waals surface area contributed by atoms with Gasteiger partial charge in [0.1, 0.15) is 6.04 Å². The van der Waals surface area contributed by atoms with Crippen LogP contribution in [-0.2, 0) is 9.59 Å². The van der Waals surface area contributed by atoms with Crippen molar-refractivity contribution in [3.05, 3.63) is 0 Å². The molecule has 20 heavy (non-hydrogen) atoms. The molecule has 3 atom stereocenters. The highest BCUT2D eigenvalue weighted by molar-refractivity contribution is 5.88. The van der Waals surface area contributed by atoms with Crippen molar-refractivity contribution in [2.75, 3.05) is 6.54 Å². The van der Waals surface area contributed by atoms with Crippen LogP contribution in [0.3, 0.4) is 0 Å². The first-order chi connectivity index (χ1) is 9.38. The quantitative estimate of drug-likeness (QED) is 0.814. The molecule has 1 aliphatic carbocycles. The lowest BCUT2D eigenvalue weighted by Gasteiger charge is -2.31. The monoisotopic (exact) mass is 292 g/mol. The Bertz CT molecular complexity index is 384. The Morgan fingerprint density at radius 3 is 2.60 bits per heavy atom. The SMILES string of the molecule is O=C(NC1CCCNC1=O)C1CCCC(C(F)(F)F)C1. The Morgan fingerprint density at radius 1 is 1.20 bits per heavy atom. The van der Waals surface area contributed by atoms with E-state index in [2.05, 4.69) is 10.6 Å². The van der Waals surface area contributed by atoms with Crippen LogP contribution in [0.25, 0.3) is 0 Å². The molecule has 2 N–H and O–H groups in total. The summed E-state index contributed by atoms with van der Waals surface area (Å²) in [6, 6.07) is -0.595. The molecule has 0 spiro atoms. The highest BCUT2D eigenvalue weighted by Gasteiger charge is 2.43. The van der Waals surface area contributed by atoms with Crippen molar-refractivity contribution >= 4 is 11.8 Å². The Morgan fingerprint density at radius 2 is 1.95 bits per heavy atom. The van der Waals surface area contributed by atoms with E-state index >= 15 is 0 Å². The Kier molecular flexibility index (Phi) is 4.55. The summed E-state index contributed by atoms with van der Waals surface area (Å²) in [5.74, 6) is -2.69. The van der Waals surface area contributed by atoms with Gasteiger partial charge in [-0.2, -0.15) is 13.2 Å². The Labute approximate surface area is 115 Å². The van der Waals surface area contributed by atoms with Gasteiger partial charge in [-0.15, -0.1) is 0 Å². The molecular weight excluding hydrogens is 273 g/mol. The third-order valence-electron chi connectivity index (χ3n) is 4.11. The third-order valence-corrected chi connectivity index (χ3v) is 4.11. The molecule has 0 aromatic heterocycles. The fourth-order valence-electron chi connectivity index (χ4n) is 2.92. The molecule has 1 heterocycles. The molecule has 1 saturated carbocycles. The summed E-state index contributed by atoms with van der Waals surface area (Å²) in [5, 5.41) is 5.23. The summed E-state index contributed by atoms with van der Waals surface area (Å²) >= 11 is 0. The average molecular weight is 292 g/mol. The maximum atomic E-state index is 12.7. The van der Waals surface area contributed by atoms with E-state index in [0.29, 0.717) is 25.8 Å². The molecule has 0 radical (unpaired) electrons. The van der Waals surface area contributed by atoms with Gasteiger partial charge in [0.15, 0.2) is 0 Å². The zero-order valence-electron chi connectivity index (χ0n) is 11.1. The van der Waals surface area contributed by atoms with Gasteiger partial charge < -0.3 is 10.6 Å². The van der Waals surface area contributed by atoms with E-state index in [1.54, 1.807) is 0 Å². The molecule has 1 saturated heterocycles. The number of halogens is 3. The van der Waals surface area contributed by atoms with Crippen molar-refractivity contribution in [1.82, 2.24) is 10.6 Å². The van der Waals surface area contributed by atoms with Gasteiger partial charge in [-0.3, -0.25) is 9.59 Å². The molecule has 7 heteroatoms. The fraction of sp³-hybridized carbons (Fsp3) is 0.846. The maximum absolute atomic E-state index is 12.7. The molecule has 0 aromatic rings. The summed E-state index contributed by atoms with van der Waals surface area (Å²) in [7, 11) is 0. The van der Waals surface area contributed by atoms with Gasteiger partial charge in [0.2, 0.25) is 11.8 Å². The minimum atomic E-state index is -4.23. The largest absolute Gasteiger partial charge is 0.391 e. The zero-order valence-corrected chi connectivity index (χ0v) is 11.1. The molecule has 1 aliphatic heterocycles. The normalized spacial score (nSPS) is 31.6. The smallest absolute Gasteiger partial charge is 0.354 e. The van der Waals surface area contributed by atoms with Crippen molar-refractivity contribution in [3.8, 4) is 0 Å². The number of alkyl halides is 3. The molecule has 2 amide bonds. The maximum Gasteiger partial charge on any atom is 0.391 e. The number of piperidine rings is 1. The van der Waals surface area contributed by atoms with E-state index in [1.807, 2.05) is 0 Å². The van der Waals surface area contributed by atoms with Crippen LogP contribution in [-0.4, -0.2) is 30.6 Å². The lowest BCUT2D eigenvalue weighted by molar-refractivity contribution is -0.186. The van der Waals surface area contributed by atoms with Crippen LogP contribution in [0.2, 0.25) is 0 Å². The summed E-state index contributed by atoms with van der Waals surface area (Å²) in [6.45, 7) is 0.588. The van der Waals surface area contributed by atoms with Crippen LogP contribution in [0.15, 0.2) is 0 Å². The number of hydrogen-bond donors (Lipinski definition) is 2. The number of nitrogens with one attached hydrogen (secondary N) is 2. The van der Waals surface area contributed by atoms with Crippen molar-refractivity contribution in [2.24, 2.45) is 11.8 Å². The molecule has 3 unspecified atom stereocenters. The molecule has 4 nitrogen and oxygen atoms in total. The highest BCUT2D eigenvalue weighted by atomic mass is 19.4. The van der Waals surface area contributed by atoms with Gasteiger partial charge in [-0.25, -0.2) is 0 Å². The van der Waals surface area contributed by atoms with E-state index in [1.165, 1.54) is 0 Å². The van der Waals surface area contributed by atoms with Crippen LogP contribution < -0.4 is 10.6 Å². The Hall–Kier alpha value is -1.27. The van der Waals surface area contributed by atoms with Gasteiger partial charge >= 0.3 is 6.18 Å². The van der Waals surface area contributed by atoms with Gasteiger partial charge in [-0.1, -0.05) is 6.42 Å². The first-order valence-electron chi connectivity index (χ1n) is 7.02. The summed E-state index contributed by atoms with van der Waals surface area (Å²) < 4.78 is 38.1. The minimum absolute atomic E-state index is 0.0944. The topological polar surface area (TPSA) is 58.2 Å². The molecule has 2 fully saturated rings. The molecule has 114 valence electrons. The van der Waals surface area contributed by atoms with Crippen molar-refractivity contribution < 1.29 is 22.8 Å². The predicted molar refractivity (Wildman–Crippen MR) is 65.7 cm³/mol. The molecule has 2 rings (SSSR count). The van der Waals surface area contributed by atoms with E-state index in [4.69, 9.17) is 0 Å². The average Bonchev–Trinajstić information content (AvgIpc) is 2.40. The van der Waals surface area contributed by atoms with Crippen molar-refractivity contribution in [1.29, 1.82) is 0 Å². The van der Waals surface area contributed by atoms with E-state index in [9.17, 15) is 22.8 Å². The molecular formula is C13H19F3N2O2. The van der Waals surface area contributed by atoms with Crippen LogP contribution in [0.4, 0.5) is 13.2 Å². The van der Waals surface area contributed by atoms with Crippen LogP contribution >= 0.6 is 0 Å². The second kappa shape index (κ2) is 6.01. The summed E-state index contributed by atoms with van der Waals surface area (Å²) in [4.78, 5) is 23.6. The molecule has 0 bridgehead atoms. The van der Waals surface area contributed by atoms with Crippen molar-refractivity contribution in [3.63, 3.8) is 0 Å².